The van der Waals surface area contributed by atoms with E-state index in [2.05, 4.69) is 32.2 Å². The summed E-state index contributed by atoms with van der Waals surface area (Å²) in [7, 11) is 1.61. The summed E-state index contributed by atoms with van der Waals surface area (Å²) in [5, 5.41) is 2.91. The van der Waals surface area contributed by atoms with Crippen LogP contribution in [0.25, 0.3) is 0 Å². The molecule has 110 valence electrons. The van der Waals surface area contributed by atoms with Gasteiger partial charge in [-0.2, -0.15) is 0 Å². The van der Waals surface area contributed by atoms with Crippen LogP contribution in [0.2, 0.25) is 0 Å². The molecule has 1 rings (SSSR count). The molecule has 0 aromatic heterocycles. The van der Waals surface area contributed by atoms with Crippen molar-refractivity contribution in [3.63, 3.8) is 0 Å². The Bertz CT molecular complexity index is 465. The molecule has 0 aliphatic heterocycles. The molecule has 4 heteroatoms. The van der Waals surface area contributed by atoms with Crippen LogP contribution in [-0.4, -0.2) is 32.7 Å². The molecule has 2 N–H and O–H groups in total. The van der Waals surface area contributed by atoms with Gasteiger partial charge in [0.2, 0.25) is 0 Å². The minimum absolute atomic E-state index is 0.0252. The summed E-state index contributed by atoms with van der Waals surface area (Å²) in [5.41, 5.74) is 2.05. The number of hydrogen-bond acceptors (Lipinski definition) is 2. The Kier molecular flexibility index (Phi) is 6.81. The highest BCUT2D eigenvalue weighted by Gasteiger charge is 2.11. The number of rotatable bonds is 7. The SMILES string of the molecule is CC[NH+](CC=C(C)C)CC(=O)Nc1cccc(OC)c1. The number of amides is 1. The Morgan fingerprint density at radius 2 is 2.15 bits per heavy atom. The lowest BCUT2D eigenvalue weighted by molar-refractivity contribution is -0.883. The van der Waals surface area contributed by atoms with E-state index in [0.717, 1.165) is 24.5 Å². The van der Waals surface area contributed by atoms with Crippen LogP contribution in [0.5, 0.6) is 5.75 Å². The molecule has 0 radical (unpaired) electrons. The van der Waals surface area contributed by atoms with Crippen LogP contribution in [0, 0.1) is 0 Å². The van der Waals surface area contributed by atoms with Crippen molar-refractivity contribution in [2.45, 2.75) is 20.8 Å². The molecule has 0 heterocycles. The smallest absolute Gasteiger partial charge is 0.279 e. The van der Waals surface area contributed by atoms with Crippen LogP contribution in [0.1, 0.15) is 20.8 Å². The predicted molar refractivity (Wildman–Crippen MR) is 82.3 cm³/mol. The molecule has 0 saturated carbocycles. The third-order valence-electron chi connectivity index (χ3n) is 3.06. The van der Waals surface area contributed by atoms with Gasteiger partial charge in [-0.3, -0.25) is 4.79 Å². The van der Waals surface area contributed by atoms with Crippen molar-refractivity contribution >= 4 is 11.6 Å². The fraction of sp³-hybridized carbons (Fsp3) is 0.438. The van der Waals surface area contributed by atoms with E-state index in [9.17, 15) is 4.79 Å². The van der Waals surface area contributed by atoms with E-state index in [0.29, 0.717) is 6.54 Å². The van der Waals surface area contributed by atoms with Crippen molar-refractivity contribution < 1.29 is 14.4 Å². The zero-order valence-electron chi connectivity index (χ0n) is 12.8. The van der Waals surface area contributed by atoms with E-state index in [4.69, 9.17) is 4.74 Å². The van der Waals surface area contributed by atoms with Gasteiger partial charge in [-0.1, -0.05) is 11.6 Å². The highest BCUT2D eigenvalue weighted by molar-refractivity contribution is 5.91. The summed E-state index contributed by atoms with van der Waals surface area (Å²) < 4.78 is 5.14. The fourth-order valence-corrected chi connectivity index (χ4v) is 1.82. The summed E-state index contributed by atoms with van der Waals surface area (Å²) in [6.45, 7) is 8.51. The number of anilines is 1. The number of hydrogen-bond donors (Lipinski definition) is 2. The average Bonchev–Trinajstić information content (AvgIpc) is 2.43. The summed E-state index contributed by atoms with van der Waals surface area (Å²) in [4.78, 5) is 13.3. The van der Waals surface area contributed by atoms with E-state index in [-0.39, 0.29) is 5.91 Å². The maximum absolute atomic E-state index is 12.0. The van der Waals surface area contributed by atoms with E-state index in [1.807, 2.05) is 24.3 Å². The van der Waals surface area contributed by atoms with Crippen LogP contribution >= 0.6 is 0 Å². The molecule has 0 bridgehead atoms. The number of quaternary nitrogens is 1. The van der Waals surface area contributed by atoms with Crippen molar-refractivity contribution in [2.75, 3.05) is 32.1 Å². The number of ether oxygens (including phenoxy) is 1. The Labute approximate surface area is 121 Å². The molecule has 1 amide bonds. The number of likely N-dealkylation sites (N-methyl/N-ethyl adjacent to an activating group) is 1. The van der Waals surface area contributed by atoms with Crippen molar-refractivity contribution in [3.8, 4) is 5.75 Å². The Morgan fingerprint density at radius 1 is 1.40 bits per heavy atom. The highest BCUT2D eigenvalue weighted by atomic mass is 16.5. The largest absolute Gasteiger partial charge is 0.497 e. The maximum atomic E-state index is 12.0. The molecule has 0 fully saturated rings. The summed E-state index contributed by atoms with van der Waals surface area (Å²) in [6, 6.07) is 7.40. The summed E-state index contributed by atoms with van der Waals surface area (Å²) in [6.07, 6.45) is 2.16. The number of benzene rings is 1. The predicted octanol–water partition coefficient (Wildman–Crippen LogP) is 1.50. The van der Waals surface area contributed by atoms with Gasteiger partial charge < -0.3 is 15.0 Å². The van der Waals surface area contributed by atoms with Crippen LogP contribution in [0.15, 0.2) is 35.9 Å². The second-order valence-electron chi connectivity index (χ2n) is 5.05. The van der Waals surface area contributed by atoms with Gasteiger partial charge >= 0.3 is 0 Å². The van der Waals surface area contributed by atoms with Gasteiger partial charge in [-0.05, 0) is 39.0 Å². The molecular formula is C16H25N2O2+. The minimum Gasteiger partial charge on any atom is -0.497 e. The van der Waals surface area contributed by atoms with Crippen LogP contribution in [0.3, 0.4) is 0 Å². The standard InChI is InChI=1S/C16H24N2O2/c1-5-18(10-9-13(2)3)12-16(19)17-14-7-6-8-15(11-14)20-4/h6-9,11H,5,10,12H2,1-4H3,(H,17,19)/p+1. The Morgan fingerprint density at radius 3 is 2.75 bits per heavy atom. The monoisotopic (exact) mass is 277 g/mol. The number of carbonyl (C=O) groups is 1. The Hall–Kier alpha value is -1.81. The van der Waals surface area contributed by atoms with Gasteiger partial charge in [0.25, 0.3) is 5.91 Å². The lowest BCUT2D eigenvalue weighted by Gasteiger charge is -2.15. The topological polar surface area (TPSA) is 42.8 Å². The first-order valence-electron chi connectivity index (χ1n) is 6.96. The quantitative estimate of drug-likeness (QED) is 0.742. The van der Waals surface area contributed by atoms with Crippen LogP contribution in [0.4, 0.5) is 5.69 Å². The second kappa shape index (κ2) is 8.38. The third kappa shape index (κ3) is 5.89. The first-order valence-corrected chi connectivity index (χ1v) is 6.96. The lowest BCUT2D eigenvalue weighted by atomic mass is 10.3. The second-order valence-corrected chi connectivity index (χ2v) is 5.05. The molecule has 0 aliphatic carbocycles. The first-order chi connectivity index (χ1) is 9.55. The molecule has 1 unspecified atom stereocenters. The number of allylic oxidation sites excluding steroid dienone is 1. The Balaban J connectivity index is 2.54. The molecule has 0 spiro atoms. The highest BCUT2D eigenvalue weighted by Crippen LogP contribution is 2.16. The number of methoxy groups -OCH3 is 1. The van der Waals surface area contributed by atoms with Crippen LogP contribution in [-0.2, 0) is 4.79 Å². The van der Waals surface area contributed by atoms with Crippen molar-refractivity contribution in [3.05, 3.63) is 35.9 Å². The van der Waals surface area contributed by atoms with E-state index < -0.39 is 0 Å². The van der Waals surface area contributed by atoms with Crippen molar-refractivity contribution in [1.82, 2.24) is 0 Å². The van der Waals surface area contributed by atoms with Gasteiger partial charge in [-0.15, -0.1) is 0 Å². The molecular weight excluding hydrogens is 252 g/mol. The molecule has 20 heavy (non-hydrogen) atoms. The van der Waals surface area contributed by atoms with E-state index >= 15 is 0 Å². The zero-order valence-corrected chi connectivity index (χ0v) is 12.8. The molecule has 0 saturated heterocycles. The van der Waals surface area contributed by atoms with Gasteiger partial charge in [-0.25, -0.2) is 0 Å². The summed E-state index contributed by atoms with van der Waals surface area (Å²) in [5.74, 6) is 0.768. The molecule has 1 aromatic rings. The first kappa shape index (κ1) is 16.2. The molecule has 1 aromatic carbocycles. The molecule has 0 aliphatic rings. The minimum atomic E-state index is 0.0252. The van der Waals surface area contributed by atoms with Gasteiger partial charge in [0.1, 0.15) is 5.75 Å². The molecule has 1 atom stereocenters. The third-order valence-corrected chi connectivity index (χ3v) is 3.06. The van der Waals surface area contributed by atoms with Crippen molar-refractivity contribution in [2.24, 2.45) is 0 Å². The van der Waals surface area contributed by atoms with Crippen molar-refractivity contribution in [1.29, 1.82) is 0 Å². The lowest BCUT2D eigenvalue weighted by Crippen LogP contribution is -3.12. The van der Waals surface area contributed by atoms with E-state index in [1.54, 1.807) is 7.11 Å². The molecule has 4 nitrogen and oxygen atoms in total. The van der Waals surface area contributed by atoms with Gasteiger partial charge in [0, 0.05) is 11.8 Å². The normalized spacial score (nSPS) is 11.6. The fourth-order valence-electron chi connectivity index (χ4n) is 1.82. The van der Waals surface area contributed by atoms with Crippen LogP contribution < -0.4 is 15.0 Å². The average molecular weight is 277 g/mol. The maximum Gasteiger partial charge on any atom is 0.279 e. The van der Waals surface area contributed by atoms with E-state index in [1.165, 1.54) is 10.5 Å². The zero-order chi connectivity index (χ0) is 15.0. The number of carbonyl (C=O) groups excluding carboxylic acids is 1. The number of nitrogens with one attached hydrogen (secondary N) is 2. The summed E-state index contributed by atoms with van der Waals surface area (Å²) >= 11 is 0. The van der Waals surface area contributed by atoms with Gasteiger partial charge in [0.05, 0.1) is 20.2 Å². The van der Waals surface area contributed by atoms with Gasteiger partial charge in [0.15, 0.2) is 6.54 Å².